The first kappa shape index (κ1) is 22.0. The molecule has 0 radical (unpaired) electrons. The van der Waals surface area contributed by atoms with Gasteiger partial charge in [-0.15, -0.1) is 0 Å². The molecule has 0 bridgehead atoms. The average Bonchev–Trinajstić information content (AvgIpc) is 2.71. The van der Waals surface area contributed by atoms with Crippen molar-refractivity contribution in [3.63, 3.8) is 0 Å². The molecule has 0 saturated carbocycles. The van der Waals surface area contributed by atoms with Gasteiger partial charge in [0.25, 0.3) is 0 Å². The number of hydrogen-bond donors (Lipinski definition) is 2. The number of anilines is 1. The molecule has 0 atom stereocenters. The SMILES string of the molecule is CCCOc1ccc(/C=C/C(=O)NCc2ccc(NC(C)=O)cc2)cc1OCC. The second-order valence-corrected chi connectivity index (χ2v) is 6.42. The van der Waals surface area contributed by atoms with E-state index in [0.29, 0.717) is 31.3 Å². The lowest BCUT2D eigenvalue weighted by Gasteiger charge is -2.12. The van der Waals surface area contributed by atoms with Gasteiger partial charge in [-0.3, -0.25) is 9.59 Å². The van der Waals surface area contributed by atoms with E-state index in [2.05, 4.69) is 10.6 Å². The minimum atomic E-state index is -0.194. The van der Waals surface area contributed by atoms with Crippen LogP contribution in [-0.2, 0) is 16.1 Å². The van der Waals surface area contributed by atoms with Gasteiger partial charge in [0.15, 0.2) is 11.5 Å². The molecule has 154 valence electrons. The Morgan fingerprint density at radius 2 is 1.76 bits per heavy atom. The van der Waals surface area contributed by atoms with Gasteiger partial charge >= 0.3 is 0 Å². The molecule has 0 aromatic heterocycles. The van der Waals surface area contributed by atoms with Gasteiger partial charge in [-0.05, 0) is 54.8 Å². The Balaban J connectivity index is 1.92. The molecular weight excluding hydrogens is 368 g/mol. The minimum absolute atomic E-state index is 0.117. The van der Waals surface area contributed by atoms with Crippen molar-refractivity contribution in [3.8, 4) is 11.5 Å². The zero-order valence-electron chi connectivity index (χ0n) is 17.2. The summed E-state index contributed by atoms with van der Waals surface area (Å²) in [5.74, 6) is 1.06. The number of ether oxygens (including phenoxy) is 2. The number of rotatable bonds is 10. The fourth-order valence-corrected chi connectivity index (χ4v) is 2.56. The molecule has 2 rings (SSSR count). The zero-order valence-corrected chi connectivity index (χ0v) is 17.2. The summed E-state index contributed by atoms with van der Waals surface area (Å²) in [6.45, 7) is 7.00. The summed E-state index contributed by atoms with van der Waals surface area (Å²) in [4.78, 5) is 23.1. The van der Waals surface area contributed by atoms with E-state index in [0.717, 1.165) is 23.2 Å². The third kappa shape index (κ3) is 7.70. The fraction of sp³-hybridized carbons (Fsp3) is 0.304. The van der Waals surface area contributed by atoms with Crippen LogP contribution in [-0.4, -0.2) is 25.0 Å². The maximum absolute atomic E-state index is 12.1. The number of benzene rings is 2. The Morgan fingerprint density at radius 1 is 1.00 bits per heavy atom. The zero-order chi connectivity index (χ0) is 21.1. The number of amides is 2. The lowest BCUT2D eigenvalue weighted by Crippen LogP contribution is -2.20. The predicted molar refractivity (Wildman–Crippen MR) is 115 cm³/mol. The van der Waals surface area contributed by atoms with E-state index in [4.69, 9.17) is 9.47 Å². The largest absolute Gasteiger partial charge is 0.490 e. The Morgan fingerprint density at radius 3 is 2.41 bits per heavy atom. The van der Waals surface area contributed by atoms with Crippen molar-refractivity contribution in [3.05, 3.63) is 59.7 Å². The molecule has 2 amide bonds. The quantitative estimate of drug-likeness (QED) is 0.591. The van der Waals surface area contributed by atoms with Crippen molar-refractivity contribution in [1.82, 2.24) is 5.32 Å². The highest BCUT2D eigenvalue weighted by Crippen LogP contribution is 2.29. The summed E-state index contributed by atoms with van der Waals surface area (Å²) in [6, 6.07) is 12.9. The van der Waals surface area contributed by atoms with Crippen LogP contribution in [0.5, 0.6) is 11.5 Å². The van der Waals surface area contributed by atoms with Crippen LogP contribution < -0.4 is 20.1 Å². The smallest absolute Gasteiger partial charge is 0.244 e. The highest BCUT2D eigenvalue weighted by atomic mass is 16.5. The van der Waals surface area contributed by atoms with Gasteiger partial charge in [-0.1, -0.05) is 25.1 Å². The Hall–Kier alpha value is -3.28. The summed E-state index contributed by atoms with van der Waals surface area (Å²) < 4.78 is 11.3. The minimum Gasteiger partial charge on any atom is -0.490 e. The summed E-state index contributed by atoms with van der Waals surface area (Å²) in [7, 11) is 0. The molecule has 0 saturated heterocycles. The summed E-state index contributed by atoms with van der Waals surface area (Å²) >= 11 is 0. The average molecular weight is 396 g/mol. The van der Waals surface area contributed by atoms with Gasteiger partial charge < -0.3 is 20.1 Å². The number of hydrogen-bond acceptors (Lipinski definition) is 4. The molecule has 0 aliphatic carbocycles. The van der Waals surface area contributed by atoms with Gasteiger partial charge in [0.05, 0.1) is 13.2 Å². The number of nitrogens with one attached hydrogen (secondary N) is 2. The van der Waals surface area contributed by atoms with Gasteiger partial charge in [0, 0.05) is 25.2 Å². The van der Waals surface area contributed by atoms with Gasteiger partial charge in [-0.25, -0.2) is 0 Å². The first-order valence-electron chi connectivity index (χ1n) is 9.74. The standard InChI is InChI=1S/C23H28N2O4/c1-4-14-29-21-12-8-18(15-22(21)28-5-2)9-13-23(27)24-16-19-6-10-20(11-7-19)25-17(3)26/h6-13,15H,4-5,14,16H2,1-3H3,(H,24,27)(H,25,26)/b13-9+. The van der Waals surface area contributed by atoms with Crippen LogP contribution in [0.2, 0.25) is 0 Å². The number of carbonyl (C=O) groups is 2. The van der Waals surface area contributed by atoms with E-state index >= 15 is 0 Å². The van der Waals surface area contributed by atoms with Crippen molar-refractivity contribution in [1.29, 1.82) is 0 Å². The molecule has 2 N–H and O–H groups in total. The molecule has 0 aliphatic heterocycles. The van der Waals surface area contributed by atoms with Crippen LogP contribution in [0.1, 0.15) is 38.3 Å². The molecule has 2 aromatic rings. The lowest BCUT2D eigenvalue weighted by atomic mass is 10.1. The fourth-order valence-electron chi connectivity index (χ4n) is 2.56. The molecule has 0 spiro atoms. The number of carbonyl (C=O) groups excluding carboxylic acids is 2. The van der Waals surface area contributed by atoms with Gasteiger partial charge in [0.2, 0.25) is 11.8 Å². The van der Waals surface area contributed by atoms with Crippen molar-refractivity contribution < 1.29 is 19.1 Å². The van der Waals surface area contributed by atoms with Gasteiger partial charge in [-0.2, -0.15) is 0 Å². The molecule has 6 nitrogen and oxygen atoms in total. The monoisotopic (exact) mass is 396 g/mol. The van der Waals surface area contributed by atoms with Crippen molar-refractivity contribution in [2.75, 3.05) is 18.5 Å². The molecule has 0 aliphatic rings. The van der Waals surface area contributed by atoms with Crippen molar-refractivity contribution >= 4 is 23.6 Å². The van der Waals surface area contributed by atoms with Crippen molar-refractivity contribution in [2.24, 2.45) is 0 Å². The molecular formula is C23H28N2O4. The summed E-state index contributed by atoms with van der Waals surface area (Å²) in [5.41, 5.74) is 2.52. The van der Waals surface area contributed by atoms with Crippen LogP contribution in [0, 0.1) is 0 Å². The van der Waals surface area contributed by atoms with E-state index in [9.17, 15) is 9.59 Å². The molecule has 2 aromatic carbocycles. The van der Waals surface area contributed by atoms with E-state index in [-0.39, 0.29) is 11.8 Å². The molecule has 29 heavy (non-hydrogen) atoms. The Labute approximate surface area is 171 Å². The maximum Gasteiger partial charge on any atom is 0.244 e. The second kappa shape index (κ2) is 11.5. The molecule has 0 fully saturated rings. The van der Waals surface area contributed by atoms with E-state index in [1.165, 1.54) is 13.0 Å². The van der Waals surface area contributed by atoms with E-state index in [1.807, 2.05) is 44.2 Å². The maximum atomic E-state index is 12.1. The normalized spacial score (nSPS) is 10.6. The van der Waals surface area contributed by atoms with Crippen LogP contribution >= 0.6 is 0 Å². The lowest BCUT2D eigenvalue weighted by molar-refractivity contribution is -0.116. The molecule has 0 heterocycles. The second-order valence-electron chi connectivity index (χ2n) is 6.42. The third-order valence-corrected chi connectivity index (χ3v) is 3.90. The topological polar surface area (TPSA) is 76.7 Å². The van der Waals surface area contributed by atoms with Crippen LogP contribution in [0.4, 0.5) is 5.69 Å². The van der Waals surface area contributed by atoms with E-state index in [1.54, 1.807) is 18.2 Å². The first-order chi connectivity index (χ1) is 14.0. The van der Waals surface area contributed by atoms with Crippen LogP contribution in [0.15, 0.2) is 48.5 Å². The first-order valence-corrected chi connectivity index (χ1v) is 9.74. The Bertz CT molecular complexity index is 844. The summed E-state index contributed by atoms with van der Waals surface area (Å²) in [5, 5.41) is 5.55. The van der Waals surface area contributed by atoms with Crippen LogP contribution in [0.3, 0.4) is 0 Å². The molecule has 0 unspecified atom stereocenters. The highest BCUT2D eigenvalue weighted by Gasteiger charge is 2.06. The van der Waals surface area contributed by atoms with Gasteiger partial charge in [0.1, 0.15) is 0 Å². The van der Waals surface area contributed by atoms with Crippen LogP contribution in [0.25, 0.3) is 6.08 Å². The third-order valence-electron chi connectivity index (χ3n) is 3.90. The van der Waals surface area contributed by atoms with Crippen molar-refractivity contribution in [2.45, 2.75) is 33.7 Å². The highest BCUT2D eigenvalue weighted by molar-refractivity contribution is 5.91. The Kier molecular flexibility index (Phi) is 8.76. The predicted octanol–water partition coefficient (Wildman–Crippen LogP) is 4.16. The summed E-state index contributed by atoms with van der Waals surface area (Å²) in [6.07, 6.45) is 4.15. The van der Waals surface area contributed by atoms with E-state index < -0.39 is 0 Å². The molecule has 6 heteroatoms.